The molecule has 2 aromatic heterocycles. The predicted molar refractivity (Wildman–Crippen MR) is 103 cm³/mol. The molecule has 0 saturated heterocycles. The van der Waals surface area contributed by atoms with Crippen molar-refractivity contribution < 1.29 is 12.8 Å². The summed E-state index contributed by atoms with van der Waals surface area (Å²) in [5.74, 6) is 2.21. The van der Waals surface area contributed by atoms with Crippen LogP contribution in [0, 0.1) is 0 Å². The maximum Gasteiger partial charge on any atom is 0.271 e. The summed E-state index contributed by atoms with van der Waals surface area (Å²) in [4.78, 5) is 5.05. The van der Waals surface area contributed by atoms with Gasteiger partial charge in [0.1, 0.15) is 4.21 Å². The van der Waals surface area contributed by atoms with Gasteiger partial charge in [-0.1, -0.05) is 26.0 Å². The maximum absolute atomic E-state index is 12.6. The molecule has 1 fully saturated rings. The van der Waals surface area contributed by atoms with E-state index in [-0.39, 0.29) is 4.21 Å². The summed E-state index contributed by atoms with van der Waals surface area (Å²) >= 11 is 1.18. The van der Waals surface area contributed by atoms with Crippen LogP contribution in [-0.4, -0.2) is 13.4 Å². The topological polar surface area (TPSA) is 72.2 Å². The van der Waals surface area contributed by atoms with E-state index >= 15 is 0 Å². The molecule has 0 unspecified atom stereocenters. The second-order valence-corrected chi connectivity index (χ2v) is 9.83. The normalized spacial score (nSPS) is 14.7. The quantitative estimate of drug-likeness (QED) is 0.629. The molecule has 1 N–H and O–H groups in total. The lowest BCUT2D eigenvalue weighted by atomic mass is 10.0. The summed E-state index contributed by atoms with van der Waals surface area (Å²) in [6, 6.07) is 10.8. The minimum Gasteiger partial charge on any atom is -0.440 e. The Morgan fingerprint density at radius 1 is 1.15 bits per heavy atom. The van der Waals surface area contributed by atoms with E-state index in [2.05, 4.69) is 23.6 Å². The van der Waals surface area contributed by atoms with Crippen LogP contribution in [0.15, 0.2) is 51.2 Å². The summed E-state index contributed by atoms with van der Waals surface area (Å²) in [6.07, 6.45) is 3.90. The number of hydrogen-bond acceptors (Lipinski definition) is 5. The van der Waals surface area contributed by atoms with Crippen LogP contribution in [-0.2, 0) is 10.0 Å². The fourth-order valence-electron chi connectivity index (χ4n) is 2.66. The highest BCUT2D eigenvalue weighted by atomic mass is 32.2. The van der Waals surface area contributed by atoms with Gasteiger partial charge in [0, 0.05) is 11.6 Å². The average Bonchev–Trinajstić information content (AvgIpc) is 3.12. The summed E-state index contributed by atoms with van der Waals surface area (Å²) in [5.41, 5.74) is 1.73. The van der Waals surface area contributed by atoms with Gasteiger partial charge in [0.05, 0.1) is 11.1 Å². The number of hydrogen-bond donors (Lipinski definition) is 1. The van der Waals surface area contributed by atoms with E-state index in [0.717, 1.165) is 23.6 Å². The van der Waals surface area contributed by atoms with E-state index < -0.39 is 10.0 Å². The van der Waals surface area contributed by atoms with Crippen LogP contribution in [0.2, 0.25) is 0 Å². The van der Waals surface area contributed by atoms with Gasteiger partial charge < -0.3 is 4.42 Å². The molecule has 1 aromatic carbocycles. The molecule has 7 heteroatoms. The second kappa shape index (κ2) is 6.55. The third-order valence-corrected chi connectivity index (χ3v) is 7.34. The van der Waals surface area contributed by atoms with E-state index in [1.165, 1.54) is 16.9 Å². The number of nitrogens with zero attached hydrogens (tertiary/aromatic N) is 1. The summed E-state index contributed by atoms with van der Waals surface area (Å²) in [6.45, 7) is 4.20. The predicted octanol–water partition coefficient (Wildman–Crippen LogP) is 5.20. The first-order valence-electron chi connectivity index (χ1n) is 8.61. The monoisotopic (exact) mass is 388 g/mol. The van der Waals surface area contributed by atoms with Crippen LogP contribution in [0.3, 0.4) is 0 Å². The Balaban J connectivity index is 1.53. The molecule has 0 amide bonds. The van der Waals surface area contributed by atoms with Crippen molar-refractivity contribution in [2.75, 3.05) is 4.72 Å². The highest BCUT2D eigenvalue weighted by molar-refractivity contribution is 7.94. The van der Waals surface area contributed by atoms with Gasteiger partial charge in [-0.2, -0.15) is 0 Å². The smallest absolute Gasteiger partial charge is 0.271 e. The molecule has 0 atom stereocenters. The highest BCUT2D eigenvalue weighted by Gasteiger charge is 2.29. The van der Waals surface area contributed by atoms with Gasteiger partial charge in [-0.05, 0) is 48.6 Å². The number of oxazole rings is 1. The van der Waals surface area contributed by atoms with Crippen molar-refractivity contribution in [2.24, 2.45) is 0 Å². The Labute approximate surface area is 157 Å². The first-order chi connectivity index (χ1) is 12.4. The number of rotatable bonds is 6. The Morgan fingerprint density at radius 2 is 1.88 bits per heavy atom. The van der Waals surface area contributed by atoms with Gasteiger partial charge in [0.2, 0.25) is 0 Å². The molecule has 5 nitrogen and oxygen atoms in total. The Bertz CT molecular complexity index is 1010. The molecule has 136 valence electrons. The SMILES string of the molecule is CC(C)c1ccc(NS(=O)(=O)c2ccc(-c3cnc(C4CC4)o3)s2)cc1. The lowest BCUT2D eigenvalue weighted by Gasteiger charge is -2.09. The van der Waals surface area contributed by atoms with Crippen LogP contribution in [0.1, 0.15) is 50.0 Å². The molecule has 26 heavy (non-hydrogen) atoms. The van der Waals surface area contributed by atoms with Crippen molar-refractivity contribution in [1.82, 2.24) is 4.98 Å². The standard InChI is InChI=1S/C19H20N2O3S2/c1-12(2)13-5-7-15(8-6-13)21-26(22,23)18-10-9-17(25-18)16-11-20-19(24-16)14-3-4-14/h5-12,14,21H,3-4H2,1-2H3. The first kappa shape index (κ1) is 17.3. The molecule has 0 bridgehead atoms. The van der Waals surface area contributed by atoms with E-state index in [0.29, 0.717) is 23.3 Å². The van der Waals surface area contributed by atoms with Crippen molar-refractivity contribution in [3.8, 4) is 10.6 Å². The maximum atomic E-state index is 12.6. The van der Waals surface area contributed by atoms with E-state index in [1.54, 1.807) is 30.5 Å². The molecule has 4 rings (SSSR count). The molecule has 0 spiro atoms. The largest absolute Gasteiger partial charge is 0.440 e. The van der Waals surface area contributed by atoms with Crippen molar-refractivity contribution in [2.45, 2.75) is 42.7 Å². The highest BCUT2D eigenvalue weighted by Crippen LogP contribution is 2.41. The molecule has 1 aliphatic rings. The van der Waals surface area contributed by atoms with Gasteiger partial charge >= 0.3 is 0 Å². The van der Waals surface area contributed by atoms with Crippen LogP contribution >= 0.6 is 11.3 Å². The van der Waals surface area contributed by atoms with Crippen molar-refractivity contribution >= 4 is 27.0 Å². The minimum absolute atomic E-state index is 0.254. The number of anilines is 1. The zero-order chi connectivity index (χ0) is 18.3. The van der Waals surface area contributed by atoms with E-state index in [4.69, 9.17) is 4.42 Å². The minimum atomic E-state index is -3.62. The van der Waals surface area contributed by atoms with Gasteiger partial charge in [0.15, 0.2) is 11.7 Å². The molecular weight excluding hydrogens is 368 g/mol. The molecule has 0 aliphatic heterocycles. The molecule has 3 aromatic rings. The zero-order valence-corrected chi connectivity index (χ0v) is 16.2. The van der Waals surface area contributed by atoms with Crippen LogP contribution in [0.25, 0.3) is 10.6 Å². The fraction of sp³-hybridized carbons (Fsp3) is 0.316. The van der Waals surface area contributed by atoms with Crippen molar-refractivity contribution in [3.63, 3.8) is 0 Å². The van der Waals surface area contributed by atoms with Gasteiger partial charge in [-0.25, -0.2) is 13.4 Å². The fourth-order valence-corrected chi connectivity index (χ4v) is 4.97. The number of nitrogens with one attached hydrogen (secondary N) is 1. The molecular formula is C19H20N2O3S2. The second-order valence-electron chi connectivity index (χ2n) is 6.84. The third kappa shape index (κ3) is 3.54. The molecule has 1 aliphatic carbocycles. The number of thiophene rings is 1. The Hall–Kier alpha value is -2.12. The van der Waals surface area contributed by atoms with Crippen LogP contribution < -0.4 is 4.72 Å². The third-order valence-electron chi connectivity index (χ3n) is 4.37. The van der Waals surface area contributed by atoms with Crippen LogP contribution in [0.4, 0.5) is 5.69 Å². The van der Waals surface area contributed by atoms with Crippen LogP contribution in [0.5, 0.6) is 0 Å². The number of aromatic nitrogens is 1. The van der Waals surface area contributed by atoms with E-state index in [1.807, 2.05) is 12.1 Å². The Kier molecular flexibility index (Phi) is 4.36. The average molecular weight is 389 g/mol. The molecule has 2 heterocycles. The zero-order valence-electron chi connectivity index (χ0n) is 14.6. The van der Waals surface area contributed by atoms with Gasteiger partial charge in [0.25, 0.3) is 10.0 Å². The van der Waals surface area contributed by atoms with Crippen molar-refractivity contribution in [3.05, 3.63) is 54.0 Å². The molecule has 0 radical (unpaired) electrons. The lowest BCUT2D eigenvalue weighted by molar-refractivity contribution is 0.510. The lowest BCUT2D eigenvalue weighted by Crippen LogP contribution is -2.11. The van der Waals surface area contributed by atoms with Crippen molar-refractivity contribution in [1.29, 1.82) is 0 Å². The van der Waals surface area contributed by atoms with Gasteiger partial charge in [-0.3, -0.25) is 4.72 Å². The summed E-state index contributed by atoms with van der Waals surface area (Å²) < 4.78 is 33.9. The number of benzene rings is 1. The molecule has 1 saturated carbocycles. The first-order valence-corrected chi connectivity index (χ1v) is 10.9. The van der Waals surface area contributed by atoms with E-state index in [9.17, 15) is 8.42 Å². The summed E-state index contributed by atoms with van der Waals surface area (Å²) in [7, 11) is -3.62. The number of sulfonamides is 1. The van der Waals surface area contributed by atoms with Gasteiger partial charge in [-0.15, -0.1) is 11.3 Å². The Morgan fingerprint density at radius 3 is 2.54 bits per heavy atom. The summed E-state index contributed by atoms with van der Waals surface area (Å²) in [5, 5.41) is 0.